The van der Waals surface area contributed by atoms with Gasteiger partial charge in [-0.25, -0.2) is 4.39 Å². The Labute approximate surface area is 121 Å². The summed E-state index contributed by atoms with van der Waals surface area (Å²) in [6, 6.07) is 10.5. The number of rotatable bonds is 5. The van der Waals surface area contributed by atoms with E-state index in [4.69, 9.17) is 4.74 Å². The first-order valence-electron chi connectivity index (χ1n) is 6.34. The first-order valence-corrected chi connectivity index (χ1v) is 6.34. The van der Waals surface area contributed by atoms with Crippen LogP contribution in [-0.2, 0) is 22.6 Å². The van der Waals surface area contributed by atoms with Gasteiger partial charge in [0, 0.05) is 6.07 Å². The van der Waals surface area contributed by atoms with E-state index in [-0.39, 0.29) is 24.6 Å². The number of halogens is 1. The van der Waals surface area contributed by atoms with Gasteiger partial charge in [-0.2, -0.15) is 0 Å². The molecule has 0 aromatic heterocycles. The lowest BCUT2D eigenvalue weighted by Crippen LogP contribution is -2.04. The Bertz CT molecular complexity index is 623. The lowest BCUT2D eigenvalue weighted by Gasteiger charge is -2.09. The van der Waals surface area contributed by atoms with Crippen LogP contribution in [0.4, 0.5) is 4.39 Å². The van der Waals surface area contributed by atoms with Crippen LogP contribution in [0.15, 0.2) is 42.5 Å². The molecule has 0 radical (unpaired) electrons. The summed E-state index contributed by atoms with van der Waals surface area (Å²) in [6.07, 6.45) is 0.0534. The SMILES string of the molecule is COC(=O)Cc1cc(O)cc(OCc2ccc(F)cc2)c1. The van der Waals surface area contributed by atoms with Crippen molar-refractivity contribution in [2.24, 2.45) is 0 Å². The molecule has 0 bridgehead atoms. The largest absolute Gasteiger partial charge is 0.508 e. The van der Waals surface area contributed by atoms with Crippen LogP contribution in [0.3, 0.4) is 0 Å². The van der Waals surface area contributed by atoms with Crippen LogP contribution in [-0.4, -0.2) is 18.2 Å². The fourth-order valence-corrected chi connectivity index (χ4v) is 1.81. The Balaban J connectivity index is 2.05. The third kappa shape index (κ3) is 4.49. The van der Waals surface area contributed by atoms with Gasteiger partial charge >= 0.3 is 5.97 Å². The van der Waals surface area contributed by atoms with Crippen molar-refractivity contribution in [1.82, 2.24) is 0 Å². The van der Waals surface area contributed by atoms with Gasteiger partial charge in [-0.3, -0.25) is 4.79 Å². The number of hydrogen-bond acceptors (Lipinski definition) is 4. The summed E-state index contributed by atoms with van der Waals surface area (Å²) < 4.78 is 22.9. The van der Waals surface area contributed by atoms with Crippen LogP contribution in [0.1, 0.15) is 11.1 Å². The van der Waals surface area contributed by atoms with E-state index in [1.807, 2.05) is 0 Å². The summed E-state index contributed by atoms with van der Waals surface area (Å²) >= 11 is 0. The number of benzene rings is 2. The van der Waals surface area contributed by atoms with Crippen molar-refractivity contribution in [1.29, 1.82) is 0 Å². The maximum atomic E-state index is 12.8. The third-order valence-corrected chi connectivity index (χ3v) is 2.85. The van der Waals surface area contributed by atoms with E-state index in [1.165, 1.54) is 31.4 Å². The molecule has 0 fully saturated rings. The van der Waals surface area contributed by atoms with Crippen molar-refractivity contribution in [2.45, 2.75) is 13.0 Å². The van der Waals surface area contributed by atoms with Crippen LogP contribution in [0.2, 0.25) is 0 Å². The fraction of sp³-hybridized carbons (Fsp3) is 0.188. The van der Waals surface area contributed by atoms with Gasteiger partial charge in [0.1, 0.15) is 23.9 Å². The molecule has 2 aromatic rings. The molecule has 0 aliphatic carbocycles. The highest BCUT2D eigenvalue weighted by Gasteiger charge is 2.07. The molecule has 0 heterocycles. The standard InChI is InChI=1S/C16H15FO4/c1-20-16(19)8-12-6-14(18)9-15(7-12)21-10-11-2-4-13(17)5-3-11/h2-7,9,18H,8,10H2,1H3. The minimum Gasteiger partial charge on any atom is -0.508 e. The Morgan fingerprint density at radius 2 is 1.86 bits per heavy atom. The monoisotopic (exact) mass is 290 g/mol. The molecule has 2 rings (SSSR count). The third-order valence-electron chi connectivity index (χ3n) is 2.85. The normalized spacial score (nSPS) is 10.2. The molecule has 0 spiro atoms. The molecule has 0 aliphatic heterocycles. The molecule has 0 aliphatic rings. The number of methoxy groups -OCH3 is 1. The average molecular weight is 290 g/mol. The molecular weight excluding hydrogens is 275 g/mol. The summed E-state index contributed by atoms with van der Waals surface area (Å²) in [5.41, 5.74) is 1.39. The Hall–Kier alpha value is -2.56. The van der Waals surface area contributed by atoms with Crippen molar-refractivity contribution in [3.63, 3.8) is 0 Å². The predicted molar refractivity (Wildman–Crippen MR) is 74.6 cm³/mol. The first kappa shape index (κ1) is 14.8. The van der Waals surface area contributed by atoms with Gasteiger partial charge in [0.05, 0.1) is 13.5 Å². The Morgan fingerprint density at radius 1 is 1.14 bits per heavy atom. The zero-order valence-corrected chi connectivity index (χ0v) is 11.5. The minimum absolute atomic E-state index is 0.00510. The topological polar surface area (TPSA) is 55.8 Å². The first-order chi connectivity index (χ1) is 10.1. The second-order valence-electron chi connectivity index (χ2n) is 4.50. The van der Waals surface area contributed by atoms with E-state index in [0.717, 1.165) is 5.56 Å². The summed E-state index contributed by atoms with van der Waals surface area (Å²) in [6.45, 7) is 0.237. The summed E-state index contributed by atoms with van der Waals surface area (Å²) in [4.78, 5) is 11.2. The van der Waals surface area contributed by atoms with Crippen LogP contribution in [0.5, 0.6) is 11.5 Å². The molecule has 110 valence electrons. The van der Waals surface area contributed by atoms with E-state index in [2.05, 4.69) is 4.74 Å². The van der Waals surface area contributed by atoms with Gasteiger partial charge in [-0.15, -0.1) is 0 Å². The summed E-state index contributed by atoms with van der Waals surface area (Å²) in [7, 11) is 1.30. The molecule has 0 saturated heterocycles. The number of esters is 1. The number of carbonyl (C=O) groups is 1. The van der Waals surface area contributed by atoms with Crippen molar-refractivity contribution in [3.8, 4) is 11.5 Å². The van der Waals surface area contributed by atoms with Gasteiger partial charge in [0.15, 0.2) is 0 Å². The molecule has 0 unspecified atom stereocenters. The zero-order chi connectivity index (χ0) is 15.2. The molecule has 0 amide bonds. The molecule has 0 atom stereocenters. The minimum atomic E-state index is -0.398. The maximum Gasteiger partial charge on any atom is 0.309 e. The molecule has 21 heavy (non-hydrogen) atoms. The number of aromatic hydroxyl groups is 1. The smallest absolute Gasteiger partial charge is 0.309 e. The van der Waals surface area contributed by atoms with E-state index >= 15 is 0 Å². The lowest BCUT2D eigenvalue weighted by atomic mass is 10.1. The van der Waals surface area contributed by atoms with E-state index in [0.29, 0.717) is 11.3 Å². The highest BCUT2D eigenvalue weighted by molar-refractivity contribution is 5.72. The quantitative estimate of drug-likeness (QED) is 0.860. The van der Waals surface area contributed by atoms with Crippen LogP contribution >= 0.6 is 0 Å². The Morgan fingerprint density at radius 3 is 2.52 bits per heavy atom. The molecule has 5 heteroatoms. The number of ether oxygens (including phenoxy) is 2. The number of hydrogen-bond donors (Lipinski definition) is 1. The number of phenols is 1. The van der Waals surface area contributed by atoms with Crippen molar-refractivity contribution < 1.29 is 23.8 Å². The van der Waals surface area contributed by atoms with Crippen LogP contribution in [0.25, 0.3) is 0 Å². The predicted octanol–water partition coefficient (Wildman–Crippen LogP) is 2.83. The molecule has 4 nitrogen and oxygen atoms in total. The fourth-order valence-electron chi connectivity index (χ4n) is 1.81. The lowest BCUT2D eigenvalue weighted by molar-refractivity contribution is -0.139. The van der Waals surface area contributed by atoms with Crippen LogP contribution in [0, 0.1) is 5.82 Å². The van der Waals surface area contributed by atoms with Gasteiger partial charge < -0.3 is 14.6 Å². The van der Waals surface area contributed by atoms with Crippen LogP contribution < -0.4 is 4.74 Å². The highest BCUT2D eigenvalue weighted by atomic mass is 19.1. The Kier molecular flexibility index (Phi) is 4.77. The van der Waals surface area contributed by atoms with Gasteiger partial charge in [0.2, 0.25) is 0 Å². The van der Waals surface area contributed by atoms with E-state index < -0.39 is 5.97 Å². The van der Waals surface area contributed by atoms with Crippen molar-refractivity contribution >= 4 is 5.97 Å². The van der Waals surface area contributed by atoms with Crippen molar-refractivity contribution in [2.75, 3.05) is 7.11 Å². The van der Waals surface area contributed by atoms with E-state index in [9.17, 15) is 14.3 Å². The maximum absolute atomic E-state index is 12.8. The molecule has 2 aromatic carbocycles. The summed E-state index contributed by atoms with van der Waals surface area (Å²) in [5.74, 6) is -0.273. The highest BCUT2D eigenvalue weighted by Crippen LogP contribution is 2.23. The van der Waals surface area contributed by atoms with E-state index in [1.54, 1.807) is 18.2 Å². The molecule has 1 N–H and O–H groups in total. The van der Waals surface area contributed by atoms with Gasteiger partial charge in [0.25, 0.3) is 0 Å². The number of carbonyl (C=O) groups excluding carboxylic acids is 1. The van der Waals surface area contributed by atoms with Gasteiger partial charge in [-0.1, -0.05) is 12.1 Å². The summed E-state index contributed by atoms with van der Waals surface area (Å²) in [5, 5.41) is 9.63. The second kappa shape index (κ2) is 6.74. The second-order valence-corrected chi connectivity index (χ2v) is 4.50. The number of phenolic OH excluding ortho intramolecular Hbond substituents is 1. The molecule has 0 saturated carbocycles. The van der Waals surface area contributed by atoms with Crippen molar-refractivity contribution in [3.05, 3.63) is 59.4 Å². The molecular formula is C16H15FO4. The zero-order valence-electron chi connectivity index (χ0n) is 11.5. The van der Waals surface area contributed by atoms with Gasteiger partial charge in [-0.05, 0) is 35.4 Å². The average Bonchev–Trinajstić information content (AvgIpc) is 2.46.